The molecule has 0 radical (unpaired) electrons. The first kappa shape index (κ1) is 14.9. The molecule has 0 aliphatic carbocycles. The van der Waals surface area contributed by atoms with Gasteiger partial charge in [0.2, 0.25) is 5.91 Å². The number of carbonyl (C=O) groups excluding carboxylic acids is 1. The predicted octanol–water partition coefficient (Wildman–Crippen LogP) is 1.01. The number of likely N-dealkylation sites (N-methyl/N-ethyl adjacent to an activating group) is 1. The fraction of sp³-hybridized carbons (Fsp3) is 0.600. The van der Waals surface area contributed by atoms with Crippen molar-refractivity contribution in [3.05, 3.63) is 30.1 Å². The summed E-state index contributed by atoms with van der Waals surface area (Å²) < 4.78 is 5.24. The molecule has 0 unspecified atom stereocenters. The monoisotopic (exact) mass is 278 g/mol. The molecular formula is C15H22N2O3. The zero-order valence-corrected chi connectivity index (χ0v) is 11.9. The molecule has 2 rings (SSSR count). The van der Waals surface area contributed by atoms with Gasteiger partial charge in [0.05, 0.1) is 5.60 Å². The second kappa shape index (κ2) is 6.81. The van der Waals surface area contributed by atoms with Crippen LogP contribution >= 0.6 is 0 Å². The third-order valence-electron chi connectivity index (χ3n) is 3.76. The van der Waals surface area contributed by atoms with E-state index in [9.17, 15) is 9.90 Å². The second-order valence-electron chi connectivity index (χ2n) is 5.44. The Morgan fingerprint density at radius 1 is 1.40 bits per heavy atom. The highest BCUT2D eigenvalue weighted by atomic mass is 16.5. The number of aryl methyl sites for hydroxylation is 1. The van der Waals surface area contributed by atoms with Crippen LogP contribution in [0.3, 0.4) is 0 Å². The zero-order valence-electron chi connectivity index (χ0n) is 11.9. The number of rotatable bonds is 5. The summed E-state index contributed by atoms with van der Waals surface area (Å²) in [6, 6.07) is 3.83. The molecular weight excluding hydrogens is 256 g/mol. The first-order valence-corrected chi connectivity index (χ1v) is 7.02. The molecule has 0 saturated carbocycles. The van der Waals surface area contributed by atoms with Crippen molar-refractivity contribution in [2.45, 2.75) is 31.3 Å². The van der Waals surface area contributed by atoms with Crippen LogP contribution in [0.25, 0.3) is 0 Å². The maximum Gasteiger partial charge on any atom is 0.222 e. The molecule has 20 heavy (non-hydrogen) atoms. The number of nitrogens with zero attached hydrogens (tertiary/aromatic N) is 2. The Labute approximate surface area is 119 Å². The molecule has 2 heterocycles. The van der Waals surface area contributed by atoms with Gasteiger partial charge in [-0.3, -0.25) is 9.78 Å². The lowest BCUT2D eigenvalue weighted by molar-refractivity contribution is -0.136. The minimum atomic E-state index is -0.792. The Morgan fingerprint density at radius 2 is 2.05 bits per heavy atom. The largest absolute Gasteiger partial charge is 0.388 e. The van der Waals surface area contributed by atoms with E-state index in [1.165, 1.54) is 0 Å². The van der Waals surface area contributed by atoms with Crippen LogP contribution < -0.4 is 0 Å². The molecule has 5 heteroatoms. The number of ether oxygens (including phenoxy) is 1. The second-order valence-corrected chi connectivity index (χ2v) is 5.44. The Kier molecular flexibility index (Phi) is 5.09. The molecule has 1 N–H and O–H groups in total. The highest BCUT2D eigenvalue weighted by molar-refractivity contribution is 5.76. The van der Waals surface area contributed by atoms with Crippen molar-refractivity contribution in [3.63, 3.8) is 0 Å². The minimum Gasteiger partial charge on any atom is -0.388 e. The lowest BCUT2D eigenvalue weighted by Gasteiger charge is -2.35. The Bertz CT molecular complexity index is 430. The lowest BCUT2D eigenvalue weighted by atomic mass is 9.94. The first-order valence-electron chi connectivity index (χ1n) is 7.02. The van der Waals surface area contributed by atoms with E-state index in [4.69, 9.17) is 4.74 Å². The molecule has 1 fully saturated rings. The van der Waals surface area contributed by atoms with E-state index < -0.39 is 5.60 Å². The van der Waals surface area contributed by atoms with Crippen molar-refractivity contribution in [1.29, 1.82) is 0 Å². The van der Waals surface area contributed by atoms with Gasteiger partial charge in [-0.25, -0.2) is 0 Å². The highest BCUT2D eigenvalue weighted by Gasteiger charge is 2.32. The van der Waals surface area contributed by atoms with Crippen LogP contribution in [0.4, 0.5) is 0 Å². The van der Waals surface area contributed by atoms with Crippen molar-refractivity contribution in [3.8, 4) is 0 Å². The summed E-state index contributed by atoms with van der Waals surface area (Å²) in [6.45, 7) is 1.51. The molecule has 1 aromatic rings. The summed E-state index contributed by atoms with van der Waals surface area (Å²) in [6.07, 6.45) is 5.80. The quantitative estimate of drug-likeness (QED) is 0.873. The molecule has 1 aliphatic rings. The zero-order chi connectivity index (χ0) is 14.4. The van der Waals surface area contributed by atoms with E-state index in [2.05, 4.69) is 4.98 Å². The standard InChI is InChI=1S/C15H22N2O3/c1-17(12-15(19)6-10-20-11-7-15)14(18)3-2-13-4-8-16-9-5-13/h4-5,8-9,19H,2-3,6-7,10-12H2,1H3. The van der Waals surface area contributed by atoms with E-state index in [0.717, 1.165) is 5.56 Å². The molecule has 0 atom stereocenters. The smallest absolute Gasteiger partial charge is 0.222 e. The molecule has 110 valence electrons. The van der Waals surface area contributed by atoms with Crippen molar-refractivity contribution in [2.24, 2.45) is 0 Å². The van der Waals surface area contributed by atoms with Crippen LogP contribution in [0, 0.1) is 0 Å². The van der Waals surface area contributed by atoms with Crippen LogP contribution in [-0.4, -0.2) is 53.3 Å². The first-order chi connectivity index (χ1) is 9.59. The van der Waals surface area contributed by atoms with E-state index in [-0.39, 0.29) is 5.91 Å². The normalized spacial score (nSPS) is 17.7. The molecule has 1 aromatic heterocycles. The van der Waals surface area contributed by atoms with Gasteiger partial charge in [0.25, 0.3) is 0 Å². The summed E-state index contributed by atoms with van der Waals surface area (Å²) in [5.41, 5.74) is 0.311. The van der Waals surface area contributed by atoms with Crippen LogP contribution in [0.5, 0.6) is 0 Å². The fourth-order valence-electron chi connectivity index (χ4n) is 2.43. The maximum atomic E-state index is 12.1. The Hall–Kier alpha value is -1.46. The number of hydrogen-bond donors (Lipinski definition) is 1. The van der Waals surface area contributed by atoms with Crippen molar-refractivity contribution >= 4 is 5.91 Å². The van der Waals surface area contributed by atoms with Crippen LogP contribution in [0.1, 0.15) is 24.8 Å². The third-order valence-corrected chi connectivity index (χ3v) is 3.76. The molecule has 1 aliphatic heterocycles. The Morgan fingerprint density at radius 3 is 2.70 bits per heavy atom. The fourth-order valence-corrected chi connectivity index (χ4v) is 2.43. The van der Waals surface area contributed by atoms with Gasteiger partial charge in [-0.05, 0) is 24.1 Å². The summed E-state index contributed by atoms with van der Waals surface area (Å²) in [5.74, 6) is 0.0572. The average Bonchev–Trinajstić information content (AvgIpc) is 2.46. The third kappa shape index (κ3) is 4.28. The van der Waals surface area contributed by atoms with Gasteiger partial charge >= 0.3 is 0 Å². The Balaban J connectivity index is 1.79. The van der Waals surface area contributed by atoms with Gasteiger partial charge in [-0.15, -0.1) is 0 Å². The number of aliphatic hydroxyl groups is 1. The van der Waals surface area contributed by atoms with E-state index in [1.807, 2.05) is 12.1 Å². The van der Waals surface area contributed by atoms with Crippen molar-refractivity contribution in [1.82, 2.24) is 9.88 Å². The number of aromatic nitrogens is 1. The summed E-state index contributed by atoms with van der Waals surface area (Å²) in [4.78, 5) is 17.7. The number of amides is 1. The van der Waals surface area contributed by atoms with Crippen molar-refractivity contribution in [2.75, 3.05) is 26.8 Å². The molecule has 0 aromatic carbocycles. The van der Waals surface area contributed by atoms with Gasteiger partial charge in [0, 0.05) is 58.5 Å². The number of carbonyl (C=O) groups is 1. The average molecular weight is 278 g/mol. The molecule has 0 spiro atoms. The van der Waals surface area contributed by atoms with Gasteiger partial charge in [-0.1, -0.05) is 0 Å². The minimum absolute atomic E-state index is 0.0572. The van der Waals surface area contributed by atoms with E-state index >= 15 is 0 Å². The van der Waals surface area contributed by atoms with Gasteiger partial charge in [0.1, 0.15) is 0 Å². The molecule has 1 amide bonds. The molecule has 0 bridgehead atoms. The van der Waals surface area contributed by atoms with Crippen LogP contribution in [0.15, 0.2) is 24.5 Å². The number of pyridine rings is 1. The van der Waals surface area contributed by atoms with Gasteiger partial charge in [0.15, 0.2) is 0 Å². The van der Waals surface area contributed by atoms with Gasteiger partial charge in [-0.2, -0.15) is 0 Å². The van der Waals surface area contributed by atoms with E-state index in [0.29, 0.717) is 45.4 Å². The summed E-state index contributed by atoms with van der Waals surface area (Å²) in [7, 11) is 1.75. The molecule has 5 nitrogen and oxygen atoms in total. The topological polar surface area (TPSA) is 62.7 Å². The predicted molar refractivity (Wildman–Crippen MR) is 75.2 cm³/mol. The SMILES string of the molecule is CN(CC1(O)CCOCC1)C(=O)CCc1ccncc1. The maximum absolute atomic E-state index is 12.1. The lowest BCUT2D eigenvalue weighted by Crippen LogP contribution is -2.47. The van der Waals surface area contributed by atoms with Crippen molar-refractivity contribution < 1.29 is 14.6 Å². The molecule has 1 saturated heterocycles. The van der Waals surface area contributed by atoms with Crippen LogP contribution in [-0.2, 0) is 16.0 Å². The van der Waals surface area contributed by atoms with Crippen LogP contribution in [0.2, 0.25) is 0 Å². The van der Waals surface area contributed by atoms with Gasteiger partial charge < -0.3 is 14.7 Å². The van der Waals surface area contributed by atoms with E-state index in [1.54, 1.807) is 24.3 Å². The highest BCUT2D eigenvalue weighted by Crippen LogP contribution is 2.21. The summed E-state index contributed by atoms with van der Waals surface area (Å²) in [5, 5.41) is 10.4. The summed E-state index contributed by atoms with van der Waals surface area (Å²) >= 11 is 0. The number of hydrogen-bond acceptors (Lipinski definition) is 4.